The van der Waals surface area contributed by atoms with Gasteiger partial charge in [-0.25, -0.2) is 14.4 Å². The number of alkyl carbamates (subject to hydrolysis) is 1. The van der Waals surface area contributed by atoms with Crippen LogP contribution in [0.3, 0.4) is 0 Å². The van der Waals surface area contributed by atoms with Crippen LogP contribution in [-0.2, 0) is 57.1 Å². The SMILES string of the molecule is CCC/C=C\C/C=C\C/C=C\CCCCCCC(=O)O[C@@H](C(=O)O[C@H]1C[C@@]2(O)C(OC(=O)c3ccccc3OC)C3[C@](C)(C(=O)[C@H](OC(=O)CC)C(=C1C)C2(C)C)[C@@H](O)C[C@H]1OC[C@@]31OC(C)=O)[C@H](C=C(C)C)NC(=O)OC(C)(C)C. The van der Waals surface area contributed by atoms with Gasteiger partial charge >= 0.3 is 35.9 Å². The Morgan fingerprint density at radius 1 is 0.864 bits per heavy atom. The van der Waals surface area contributed by atoms with Gasteiger partial charge in [-0.05, 0) is 110 Å². The molecule has 4 aliphatic rings. The van der Waals surface area contributed by atoms with Gasteiger partial charge in [0, 0.05) is 38.0 Å². The second-order valence-corrected chi connectivity index (χ2v) is 23.7. The number of carbonyl (C=O) groups excluding carboxylic acids is 7. The monoisotopic (exact) mass is 1130 g/mol. The Balaban J connectivity index is 1.58. The average Bonchev–Trinajstić information content (AvgIpc) is 3.58. The standard InChI is InChI=1S/C63H89NO17/c1-14-16-17-18-19-20-21-22-23-24-25-26-27-28-29-34-49(68)78-51(43(35-39(3)4)64-58(72)81-59(7,8)9)57(71)76-45-37-63(73)55(79-56(70)42-32-30-31-33-44(42)74-13)53-61(12,46(66)36-47-62(53,38-75-47)80-41(6)65)54(69)52(77-48(67)15-2)50(40(45)5)60(63,10)11/h17-18,20-21,23-24,30-33,35,43,45-47,51-53,55,66,73H,14-16,19,22,25-29,34,36-38H2,1-13H3,(H,64,72)/b18-17-,21-20-,24-23-/t43-,45-,46-,47+,51+,52+,53?,55?,61+,62-,63+/m0/s1. The summed E-state index contributed by atoms with van der Waals surface area (Å²) < 4.78 is 48.4. The van der Waals surface area contributed by atoms with Crippen molar-refractivity contribution in [2.75, 3.05) is 13.7 Å². The minimum atomic E-state index is -2.49. The molecule has 1 amide bonds. The minimum Gasteiger partial charge on any atom is -0.496 e. The summed E-state index contributed by atoms with van der Waals surface area (Å²) in [5.74, 6) is -7.03. The molecule has 1 saturated heterocycles. The second kappa shape index (κ2) is 28.2. The molecule has 1 aliphatic heterocycles. The van der Waals surface area contributed by atoms with Crippen LogP contribution in [0.5, 0.6) is 5.75 Å². The van der Waals surface area contributed by atoms with E-state index in [-0.39, 0.29) is 48.3 Å². The van der Waals surface area contributed by atoms with E-state index < -0.39 is 124 Å². The van der Waals surface area contributed by atoms with E-state index in [2.05, 4.69) is 48.7 Å². The Kier molecular flexibility index (Phi) is 22.9. The van der Waals surface area contributed by atoms with Crippen LogP contribution < -0.4 is 10.1 Å². The van der Waals surface area contributed by atoms with E-state index in [9.17, 15) is 34.2 Å². The third-order valence-electron chi connectivity index (χ3n) is 16.0. The summed E-state index contributed by atoms with van der Waals surface area (Å²) in [6.45, 7) is 18.9. The van der Waals surface area contributed by atoms with E-state index in [0.717, 1.165) is 51.9 Å². The molecular formula is C63H89NO17. The van der Waals surface area contributed by atoms with Gasteiger partial charge in [0.15, 0.2) is 17.5 Å². The van der Waals surface area contributed by atoms with E-state index in [4.69, 9.17) is 37.9 Å². The Labute approximate surface area is 478 Å². The summed E-state index contributed by atoms with van der Waals surface area (Å²) in [5, 5.41) is 29.1. The summed E-state index contributed by atoms with van der Waals surface area (Å²) in [5.41, 5.74) is -8.53. The van der Waals surface area contributed by atoms with Crippen LogP contribution in [0.25, 0.3) is 0 Å². The lowest BCUT2D eigenvalue weighted by Crippen LogP contribution is -2.82. The number of aliphatic hydroxyl groups is 2. The highest BCUT2D eigenvalue weighted by atomic mass is 16.6. The van der Waals surface area contributed by atoms with Crippen LogP contribution in [-0.4, -0.2) is 125 Å². The maximum absolute atomic E-state index is 15.9. The highest BCUT2D eigenvalue weighted by Gasteiger charge is 2.78. The number of rotatable bonds is 25. The van der Waals surface area contributed by atoms with Crippen molar-refractivity contribution >= 4 is 41.7 Å². The molecule has 0 spiro atoms. The van der Waals surface area contributed by atoms with Crippen LogP contribution >= 0.6 is 0 Å². The topological polar surface area (TPSA) is 246 Å². The van der Waals surface area contributed by atoms with Gasteiger partial charge in [-0.15, -0.1) is 0 Å². The lowest BCUT2D eigenvalue weighted by Gasteiger charge is -2.67. The summed E-state index contributed by atoms with van der Waals surface area (Å²) in [6.07, 6.45) is 10.1. The lowest BCUT2D eigenvalue weighted by atomic mass is 9.44. The second-order valence-electron chi connectivity index (χ2n) is 23.7. The number of amides is 1. The number of carbonyl (C=O) groups is 7. The van der Waals surface area contributed by atoms with Gasteiger partial charge in [0.05, 0.1) is 37.2 Å². The van der Waals surface area contributed by atoms with Crippen LogP contribution in [0.4, 0.5) is 4.79 Å². The number of methoxy groups -OCH3 is 1. The van der Waals surface area contributed by atoms with Gasteiger partial charge in [-0.1, -0.05) is 107 Å². The van der Waals surface area contributed by atoms with Crippen molar-refractivity contribution in [3.8, 4) is 5.75 Å². The van der Waals surface area contributed by atoms with Crippen LogP contribution in [0, 0.1) is 16.7 Å². The van der Waals surface area contributed by atoms with Crippen molar-refractivity contribution in [1.29, 1.82) is 0 Å². The number of allylic oxidation sites excluding steroid dienone is 7. The molecule has 1 aromatic carbocycles. The molecule has 2 bridgehead atoms. The first kappa shape index (κ1) is 65.7. The number of nitrogens with one attached hydrogen (secondary N) is 1. The summed E-state index contributed by atoms with van der Waals surface area (Å²) >= 11 is 0. The largest absolute Gasteiger partial charge is 0.496 e. The quantitative estimate of drug-likeness (QED) is 0.0357. The number of Topliss-reactive ketones (excluding diaryl/α,β-unsaturated/α-hetero) is 1. The first-order chi connectivity index (χ1) is 38.1. The molecule has 18 nitrogen and oxygen atoms in total. The first-order valence-electron chi connectivity index (χ1n) is 28.6. The van der Waals surface area contributed by atoms with Gasteiger partial charge < -0.3 is 53.4 Å². The molecule has 5 rings (SSSR count). The van der Waals surface area contributed by atoms with Gasteiger partial charge in [-0.2, -0.15) is 0 Å². The highest BCUT2D eigenvalue weighted by Crippen LogP contribution is 2.64. The van der Waals surface area contributed by atoms with Gasteiger partial charge in [-0.3, -0.25) is 19.2 Å². The van der Waals surface area contributed by atoms with E-state index >= 15 is 9.59 Å². The zero-order valence-corrected chi connectivity index (χ0v) is 49.9. The zero-order valence-electron chi connectivity index (χ0n) is 49.9. The fourth-order valence-corrected chi connectivity index (χ4v) is 11.8. The normalized spacial score (nSPS) is 27.6. The number of benzene rings is 1. The Morgan fingerprint density at radius 2 is 1.51 bits per heavy atom. The Bertz CT molecular complexity index is 2580. The molecule has 0 radical (unpaired) electrons. The number of aliphatic hydroxyl groups excluding tert-OH is 1. The molecule has 1 aromatic rings. The van der Waals surface area contributed by atoms with E-state index in [0.29, 0.717) is 18.4 Å². The lowest BCUT2D eigenvalue weighted by molar-refractivity contribution is -0.346. The van der Waals surface area contributed by atoms with Crippen molar-refractivity contribution in [3.05, 3.63) is 89.1 Å². The van der Waals surface area contributed by atoms with Crippen molar-refractivity contribution in [2.24, 2.45) is 16.7 Å². The molecule has 11 atom stereocenters. The smallest absolute Gasteiger partial charge is 0.408 e. The predicted molar refractivity (Wildman–Crippen MR) is 301 cm³/mol. The molecule has 81 heavy (non-hydrogen) atoms. The van der Waals surface area contributed by atoms with Crippen molar-refractivity contribution < 1.29 is 81.7 Å². The fraction of sp³-hybridized carbons (Fsp3) is 0.635. The van der Waals surface area contributed by atoms with Crippen LogP contribution in [0.15, 0.2) is 83.5 Å². The number of para-hydroxylation sites is 1. The van der Waals surface area contributed by atoms with Crippen LogP contribution in [0.1, 0.15) is 177 Å². The number of fused-ring (bicyclic) bond motifs is 5. The molecule has 3 N–H and O–H groups in total. The van der Waals surface area contributed by atoms with Gasteiger partial charge in [0.2, 0.25) is 6.10 Å². The average molecular weight is 1130 g/mol. The molecule has 3 aliphatic carbocycles. The van der Waals surface area contributed by atoms with E-state index in [1.807, 2.05) is 0 Å². The molecule has 2 saturated carbocycles. The fourth-order valence-electron chi connectivity index (χ4n) is 11.8. The van der Waals surface area contributed by atoms with Crippen molar-refractivity contribution in [2.45, 2.75) is 226 Å². The maximum Gasteiger partial charge on any atom is 0.408 e. The highest BCUT2D eigenvalue weighted by molar-refractivity contribution is 5.96. The number of ether oxygens (including phenoxy) is 8. The first-order valence-corrected chi connectivity index (χ1v) is 28.6. The summed E-state index contributed by atoms with van der Waals surface area (Å²) in [6, 6.07) is 4.77. The van der Waals surface area contributed by atoms with Crippen molar-refractivity contribution in [3.63, 3.8) is 0 Å². The maximum atomic E-state index is 15.9. The van der Waals surface area contributed by atoms with Crippen molar-refractivity contribution in [1.82, 2.24) is 5.32 Å². The molecule has 448 valence electrons. The number of hydrogen-bond donors (Lipinski definition) is 3. The number of hydrogen-bond acceptors (Lipinski definition) is 17. The number of esters is 5. The molecule has 18 heteroatoms. The third kappa shape index (κ3) is 15.3. The summed E-state index contributed by atoms with van der Waals surface area (Å²) in [7, 11) is 1.35. The minimum absolute atomic E-state index is 0.0287. The summed E-state index contributed by atoms with van der Waals surface area (Å²) in [4.78, 5) is 100. The Morgan fingerprint density at radius 3 is 2.10 bits per heavy atom. The molecule has 1 heterocycles. The zero-order chi connectivity index (χ0) is 60.1. The van der Waals surface area contributed by atoms with Gasteiger partial charge in [0.25, 0.3) is 0 Å². The van der Waals surface area contributed by atoms with Gasteiger partial charge in [0.1, 0.15) is 40.8 Å². The Hall–Kier alpha value is -6.11. The number of unbranched alkanes of at least 4 members (excludes halogenated alkanes) is 5. The molecule has 0 aromatic heterocycles. The molecule has 2 unspecified atom stereocenters. The van der Waals surface area contributed by atoms with Crippen LogP contribution in [0.2, 0.25) is 0 Å². The third-order valence-corrected chi connectivity index (χ3v) is 16.0. The van der Waals surface area contributed by atoms with E-state index in [1.165, 1.54) is 46.1 Å². The predicted octanol–water partition coefficient (Wildman–Crippen LogP) is 9.96. The van der Waals surface area contributed by atoms with E-state index in [1.54, 1.807) is 60.6 Å². The molecular weight excluding hydrogens is 1040 g/mol. The number of ketones is 1. The molecule has 3 fully saturated rings.